The van der Waals surface area contributed by atoms with Crippen molar-refractivity contribution in [2.45, 2.75) is 59.7 Å². The summed E-state index contributed by atoms with van der Waals surface area (Å²) >= 11 is 0. The van der Waals surface area contributed by atoms with Crippen LogP contribution in [0.2, 0.25) is 0 Å². The SMILES string of the molecule is CC(=O)c1ccc2c(OC(C)(C)C)cc(OC(C)(C)C)cc2c1. The lowest BCUT2D eigenvalue weighted by atomic mass is 10.0. The van der Waals surface area contributed by atoms with E-state index in [9.17, 15) is 4.79 Å². The molecule has 0 aliphatic rings. The van der Waals surface area contributed by atoms with Crippen LogP contribution in [0.5, 0.6) is 11.5 Å². The molecule has 0 unspecified atom stereocenters. The maximum Gasteiger partial charge on any atom is 0.159 e. The minimum absolute atomic E-state index is 0.0485. The molecule has 0 aliphatic carbocycles. The zero-order chi connectivity index (χ0) is 17.4. The smallest absolute Gasteiger partial charge is 0.159 e. The minimum atomic E-state index is -0.313. The molecule has 0 fully saturated rings. The summed E-state index contributed by atoms with van der Waals surface area (Å²) < 4.78 is 12.1. The molecule has 3 heteroatoms. The van der Waals surface area contributed by atoms with Gasteiger partial charge in [-0.2, -0.15) is 0 Å². The van der Waals surface area contributed by atoms with Gasteiger partial charge in [-0.15, -0.1) is 0 Å². The number of ether oxygens (including phenoxy) is 2. The molecule has 2 rings (SSSR count). The lowest BCUT2D eigenvalue weighted by molar-refractivity contribution is 0.101. The monoisotopic (exact) mass is 314 g/mol. The molecule has 0 radical (unpaired) electrons. The Balaban J connectivity index is 2.62. The molecule has 124 valence electrons. The van der Waals surface area contributed by atoms with Crippen LogP contribution in [0.15, 0.2) is 30.3 Å². The van der Waals surface area contributed by atoms with E-state index < -0.39 is 0 Å². The summed E-state index contributed by atoms with van der Waals surface area (Å²) in [6.45, 7) is 13.6. The molecule has 0 aliphatic heterocycles. The van der Waals surface area contributed by atoms with Crippen molar-refractivity contribution in [2.24, 2.45) is 0 Å². The number of carbonyl (C=O) groups is 1. The van der Waals surface area contributed by atoms with Crippen molar-refractivity contribution in [3.05, 3.63) is 35.9 Å². The second kappa shape index (κ2) is 5.88. The van der Waals surface area contributed by atoms with Gasteiger partial charge in [0.25, 0.3) is 0 Å². The van der Waals surface area contributed by atoms with Gasteiger partial charge in [0, 0.05) is 17.0 Å². The molecular weight excluding hydrogens is 288 g/mol. The van der Waals surface area contributed by atoms with E-state index in [4.69, 9.17) is 9.47 Å². The first-order valence-corrected chi connectivity index (χ1v) is 7.91. The van der Waals surface area contributed by atoms with E-state index in [2.05, 4.69) is 0 Å². The first-order valence-electron chi connectivity index (χ1n) is 7.91. The molecular formula is C20H26O3. The van der Waals surface area contributed by atoms with E-state index in [1.165, 1.54) is 0 Å². The first kappa shape index (κ1) is 17.3. The molecule has 0 amide bonds. The molecule has 0 aromatic heterocycles. The summed E-state index contributed by atoms with van der Waals surface area (Å²) in [7, 11) is 0. The van der Waals surface area contributed by atoms with Gasteiger partial charge in [0.2, 0.25) is 0 Å². The third kappa shape index (κ3) is 4.72. The van der Waals surface area contributed by atoms with E-state index in [-0.39, 0.29) is 17.0 Å². The van der Waals surface area contributed by atoms with Crippen molar-refractivity contribution in [1.82, 2.24) is 0 Å². The number of benzene rings is 2. The Kier molecular flexibility index (Phi) is 4.43. The summed E-state index contributed by atoms with van der Waals surface area (Å²) in [5, 5.41) is 1.92. The molecule has 0 saturated carbocycles. The van der Waals surface area contributed by atoms with Crippen LogP contribution in [-0.2, 0) is 0 Å². The normalized spacial score (nSPS) is 12.3. The highest BCUT2D eigenvalue weighted by Gasteiger charge is 2.18. The summed E-state index contributed by atoms with van der Waals surface area (Å²) in [6.07, 6.45) is 0. The molecule has 0 bridgehead atoms. The maximum atomic E-state index is 11.7. The fraction of sp³-hybridized carbons (Fsp3) is 0.450. The van der Waals surface area contributed by atoms with Crippen molar-refractivity contribution in [3.63, 3.8) is 0 Å². The Morgan fingerprint density at radius 1 is 0.870 bits per heavy atom. The van der Waals surface area contributed by atoms with E-state index in [1.807, 2.05) is 71.9 Å². The molecule has 0 N–H and O–H groups in total. The van der Waals surface area contributed by atoms with Crippen molar-refractivity contribution < 1.29 is 14.3 Å². The van der Waals surface area contributed by atoms with Crippen LogP contribution in [0.4, 0.5) is 0 Å². The molecule has 0 saturated heterocycles. The number of carbonyl (C=O) groups excluding carboxylic acids is 1. The predicted octanol–water partition coefficient (Wildman–Crippen LogP) is 5.40. The number of Topliss-reactive ketones (excluding diaryl/α,β-unsaturated/α-hetero) is 1. The molecule has 3 nitrogen and oxygen atoms in total. The van der Waals surface area contributed by atoms with Gasteiger partial charge in [0.15, 0.2) is 5.78 Å². The van der Waals surface area contributed by atoms with Crippen molar-refractivity contribution in [2.75, 3.05) is 0 Å². The van der Waals surface area contributed by atoms with Crippen molar-refractivity contribution >= 4 is 16.6 Å². The Labute approximate surface area is 138 Å². The fourth-order valence-electron chi connectivity index (χ4n) is 2.35. The molecule has 0 heterocycles. The second-order valence-electron chi connectivity index (χ2n) is 7.84. The first-order chi connectivity index (χ1) is 10.4. The van der Waals surface area contributed by atoms with E-state index in [0.29, 0.717) is 5.56 Å². The highest BCUT2D eigenvalue weighted by molar-refractivity contribution is 6.00. The molecule has 0 atom stereocenters. The molecule has 2 aromatic rings. The number of hydrogen-bond acceptors (Lipinski definition) is 3. The van der Waals surface area contributed by atoms with Gasteiger partial charge in [-0.1, -0.05) is 6.07 Å². The van der Waals surface area contributed by atoms with Crippen LogP contribution in [0, 0.1) is 0 Å². The topological polar surface area (TPSA) is 35.5 Å². The maximum absolute atomic E-state index is 11.7. The summed E-state index contributed by atoms with van der Waals surface area (Å²) in [4.78, 5) is 11.7. The Bertz CT molecular complexity index is 731. The zero-order valence-electron chi connectivity index (χ0n) is 15.1. The fourth-order valence-corrected chi connectivity index (χ4v) is 2.35. The van der Waals surface area contributed by atoms with Gasteiger partial charge < -0.3 is 9.47 Å². The number of hydrogen-bond donors (Lipinski definition) is 0. The third-order valence-corrected chi connectivity index (χ3v) is 3.13. The van der Waals surface area contributed by atoms with Gasteiger partial charge in [0.05, 0.1) is 0 Å². The number of ketones is 1. The average molecular weight is 314 g/mol. The minimum Gasteiger partial charge on any atom is -0.488 e. The van der Waals surface area contributed by atoms with E-state index in [0.717, 1.165) is 22.3 Å². The summed E-state index contributed by atoms with van der Waals surface area (Å²) in [5.41, 5.74) is 0.0735. The summed E-state index contributed by atoms with van der Waals surface area (Å²) in [6, 6.07) is 9.55. The highest BCUT2D eigenvalue weighted by Crippen LogP contribution is 2.35. The third-order valence-electron chi connectivity index (χ3n) is 3.13. The molecule has 23 heavy (non-hydrogen) atoms. The number of rotatable bonds is 3. The lowest BCUT2D eigenvalue weighted by Crippen LogP contribution is -2.24. The Morgan fingerprint density at radius 2 is 1.48 bits per heavy atom. The van der Waals surface area contributed by atoms with Crippen LogP contribution in [0.25, 0.3) is 10.8 Å². The Hall–Kier alpha value is -2.03. The van der Waals surface area contributed by atoms with Crippen LogP contribution in [-0.4, -0.2) is 17.0 Å². The predicted molar refractivity (Wildman–Crippen MR) is 94.7 cm³/mol. The van der Waals surface area contributed by atoms with Crippen molar-refractivity contribution in [1.29, 1.82) is 0 Å². The average Bonchev–Trinajstić information content (AvgIpc) is 2.33. The Morgan fingerprint density at radius 3 is 2.00 bits per heavy atom. The van der Waals surface area contributed by atoms with Gasteiger partial charge in [-0.05, 0) is 72.1 Å². The summed E-state index contributed by atoms with van der Waals surface area (Å²) in [5.74, 6) is 1.56. The van der Waals surface area contributed by atoms with Crippen LogP contribution >= 0.6 is 0 Å². The van der Waals surface area contributed by atoms with E-state index in [1.54, 1.807) is 6.92 Å². The van der Waals surface area contributed by atoms with Gasteiger partial charge in [-0.3, -0.25) is 4.79 Å². The van der Waals surface area contributed by atoms with Gasteiger partial charge in [0.1, 0.15) is 22.7 Å². The number of fused-ring (bicyclic) bond motifs is 1. The standard InChI is InChI=1S/C20H26O3/c1-13(21)14-8-9-17-15(10-14)11-16(22-19(2,3)4)12-18(17)23-20(5,6)7/h8-12H,1-7H3. The van der Waals surface area contributed by atoms with Crippen LogP contribution in [0.3, 0.4) is 0 Å². The van der Waals surface area contributed by atoms with E-state index >= 15 is 0 Å². The van der Waals surface area contributed by atoms with Crippen molar-refractivity contribution in [3.8, 4) is 11.5 Å². The van der Waals surface area contributed by atoms with Crippen LogP contribution < -0.4 is 9.47 Å². The zero-order valence-corrected chi connectivity index (χ0v) is 15.1. The van der Waals surface area contributed by atoms with Gasteiger partial charge in [-0.25, -0.2) is 0 Å². The largest absolute Gasteiger partial charge is 0.488 e. The second-order valence-corrected chi connectivity index (χ2v) is 7.84. The van der Waals surface area contributed by atoms with Crippen LogP contribution in [0.1, 0.15) is 58.8 Å². The quantitative estimate of drug-likeness (QED) is 0.712. The highest BCUT2D eigenvalue weighted by atomic mass is 16.5. The molecule has 0 spiro atoms. The van der Waals surface area contributed by atoms with Gasteiger partial charge >= 0.3 is 0 Å². The lowest BCUT2D eigenvalue weighted by Gasteiger charge is -2.25. The molecule has 2 aromatic carbocycles.